The lowest BCUT2D eigenvalue weighted by atomic mass is 10.1. The van der Waals surface area contributed by atoms with Crippen LogP contribution in [0.5, 0.6) is 5.75 Å². The number of pyridine rings is 1. The molecule has 2 aromatic carbocycles. The minimum Gasteiger partial charge on any atom is -0.452 e. The van der Waals surface area contributed by atoms with Crippen LogP contribution in [0.3, 0.4) is 0 Å². The number of halogens is 3. The number of ether oxygens (including phenoxy) is 2. The molecule has 0 aliphatic carbocycles. The first-order valence-electron chi connectivity index (χ1n) is 9.11. The molecule has 1 heterocycles. The van der Waals surface area contributed by atoms with Gasteiger partial charge in [-0.2, -0.15) is 0 Å². The molecule has 0 unspecified atom stereocenters. The number of carbonyl (C=O) groups excluding carboxylic acids is 2. The zero-order chi connectivity index (χ0) is 22.3. The number of nitrogens with one attached hydrogen (secondary N) is 1. The summed E-state index contributed by atoms with van der Waals surface area (Å²) in [5.74, 6) is -1.83. The lowest BCUT2D eigenvalue weighted by Gasteiger charge is -2.13. The summed E-state index contributed by atoms with van der Waals surface area (Å²) in [6, 6.07) is 14.6. The van der Waals surface area contributed by atoms with Gasteiger partial charge in [-0.1, -0.05) is 42.5 Å². The minimum absolute atomic E-state index is 0.128. The highest BCUT2D eigenvalue weighted by atomic mass is 19.4. The topological polar surface area (TPSA) is 77.5 Å². The van der Waals surface area contributed by atoms with Gasteiger partial charge in [-0.3, -0.25) is 9.78 Å². The third-order valence-electron chi connectivity index (χ3n) is 4.08. The van der Waals surface area contributed by atoms with Crippen LogP contribution in [-0.4, -0.2) is 29.8 Å². The Labute approximate surface area is 175 Å². The molecule has 0 spiro atoms. The second kappa shape index (κ2) is 9.75. The van der Waals surface area contributed by atoms with Crippen molar-refractivity contribution in [2.24, 2.45) is 0 Å². The maximum Gasteiger partial charge on any atom is 0.573 e. The number of hydrogen-bond donors (Lipinski definition) is 1. The SMILES string of the molecule is O=C(COC(=O)/C=C/c1cccc2cccnc12)NCc1ccccc1OC(F)(F)F. The van der Waals surface area contributed by atoms with Crippen molar-refractivity contribution in [3.63, 3.8) is 0 Å². The molecule has 1 amide bonds. The lowest BCUT2D eigenvalue weighted by molar-refractivity contribution is -0.274. The van der Waals surface area contributed by atoms with E-state index in [1.54, 1.807) is 18.3 Å². The van der Waals surface area contributed by atoms with E-state index in [9.17, 15) is 22.8 Å². The molecule has 3 aromatic rings. The molecule has 6 nitrogen and oxygen atoms in total. The zero-order valence-corrected chi connectivity index (χ0v) is 16.1. The molecule has 0 fully saturated rings. The molecule has 160 valence electrons. The summed E-state index contributed by atoms with van der Waals surface area (Å²) in [7, 11) is 0. The van der Waals surface area contributed by atoms with Gasteiger partial charge in [-0.15, -0.1) is 13.2 Å². The van der Waals surface area contributed by atoms with E-state index in [4.69, 9.17) is 4.74 Å². The Bertz CT molecular complexity index is 1110. The number of benzene rings is 2. The largest absolute Gasteiger partial charge is 0.573 e. The smallest absolute Gasteiger partial charge is 0.452 e. The number of nitrogens with zero attached hydrogens (tertiary/aromatic N) is 1. The molecule has 1 N–H and O–H groups in total. The quantitative estimate of drug-likeness (QED) is 0.453. The Kier molecular flexibility index (Phi) is 6.86. The number of rotatable bonds is 7. The Hall–Kier alpha value is -3.88. The van der Waals surface area contributed by atoms with Crippen LogP contribution in [-0.2, 0) is 20.9 Å². The molecule has 0 bridgehead atoms. The molecule has 0 aliphatic heterocycles. The van der Waals surface area contributed by atoms with E-state index in [1.807, 2.05) is 18.2 Å². The molecule has 0 aliphatic rings. The molecule has 0 atom stereocenters. The van der Waals surface area contributed by atoms with Crippen molar-refractivity contribution in [3.8, 4) is 5.75 Å². The van der Waals surface area contributed by atoms with Gasteiger partial charge < -0.3 is 14.8 Å². The highest BCUT2D eigenvalue weighted by Gasteiger charge is 2.31. The Morgan fingerprint density at radius 1 is 1.03 bits per heavy atom. The van der Waals surface area contributed by atoms with Crippen molar-refractivity contribution in [2.45, 2.75) is 12.9 Å². The Balaban J connectivity index is 1.51. The first-order valence-corrected chi connectivity index (χ1v) is 9.11. The molecule has 31 heavy (non-hydrogen) atoms. The fourth-order valence-electron chi connectivity index (χ4n) is 2.72. The molecular formula is C22H17F3N2O4. The van der Waals surface area contributed by atoms with Gasteiger partial charge in [0.1, 0.15) is 5.75 Å². The van der Waals surface area contributed by atoms with Gasteiger partial charge in [0.25, 0.3) is 5.91 Å². The van der Waals surface area contributed by atoms with Crippen LogP contribution in [0.2, 0.25) is 0 Å². The van der Waals surface area contributed by atoms with E-state index >= 15 is 0 Å². The van der Waals surface area contributed by atoms with Crippen LogP contribution in [0.25, 0.3) is 17.0 Å². The van der Waals surface area contributed by atoms with Crippen LogP contribution < -0.4 is 10.1 Å². The minimum atomic E-state index is -4.85. The van der Waals surface area contributed by atoms with Gasteiger partial charge >= 0.3 is 12.3 Å². The number of aromatic nitrogens is 1. The number of hydrogen-bond acceptors (Lipinski definition) is 5. The maximum atomic E-state index is 12.4. The lowest BCUT2D eigenvalue weighted by Crippen LogP contribution is -2.28. The van der Waals surface area contributed by atoms with E-state index in [0.29, 0.717) is 11.1 Å². The third-order valence-corrected chi connectivity index (χ3v) is 4.08. The van der Waals surface area contributed by atoms with Crippen molar-refractivity contribution in [1.82, 2.24) is 10.3 Å². The first-order chi connectivity index (χ1) is 14.8. The molecular weight excluding hydrogens is 413 g/mol. The van der Waals surface area contributed by atoms with Crippen LogP contribution in [0.4, 0.5) is 13.2 Å². The van der Waals surface area contributed by atoms with E-state index in [2.05, 4.69) is 15.0 Å². The van der Waals surface area contributed by atoms with Crippen LogP contribution in [0.15, 0.2) is 66.9 Å². The van der Waals surface area contributed by atoms with E-state index in [1.165, 1.54) is 30.4 Å². The summed E-state index contributed by atoms with van der Waals surface area (Å²) in [4.78, 5) is 28.0. The molecule has 0 saturated heterocycles. The number of fused-ring (bicyclic) bond motifs is 1. The van der Waals surface area contributed by atoms with Crippen molar-refractivity contribution in [3.05, 3.63) is 78.0 Å². The second-order valence-electron chi connectivity index (χ2n) is 6.30. The summed E-state index contributed by atoms with van der Waals surface area (Å²) >= 11 is 0. The Morgan fingerprint density at radius 2 is 1.81 bits per heavy atom. The van der Waals surface area contributed by atoms with Gasteiger partial charge in [0.2, 0.25) is 0 Å². The average molecular weight is 430 g/mol. The number of para-hydroxylation sites is 2. The number of esters is 1. The van der Waals surface area contributed by atoms with Gasteiger partial charge in [0, 0.05) is 35.3 Å². The molecule has 1 aromatic heterocycles. The maximum absolute atomic E-state index is 12.4. The van der Waals surface area contributed by atoms with Gasteiger partial charge in [0.05, 0.1) is 5.52 Å². The highest BCUT2D eigenvalue weighted by Crippen LogP contribution is 2.26. The normalized spacial score (nSPS) is 11.5. The highest BCUT2D eigenvalue weighted by molar-refractivity contribution is 5.93. The van der Waals surface area contributed by atoms with Crippen LogP contribution in [0, 0.1) is 0 Å². The summed E-state index contributed by atoms with van der Waals surface area (Å²) in [5, 5.41) is 3.29. The van der Waals surface area contributed by atoms with Crippen molar-refractivity contribution < 1.29 is 32.2 Å². The van der Waals surface area contributed by atoms with Crippen molar-refractivity contribution in [2.75, 3.05) is 6.61 Å². The summed E-state index contributed by atoms with van der Waals surface area (Å²) in [6.07, 6.45) is -0.509. The second-order valence-corrected chi connectivity index (χ2v) is 6.30. The molecule has 3 rings (SSSR count). The first kappa shape index (κ1) is 21.8. The predicted octanol–water partition coefficient (Wildman–Crippen LogP) is 4.01. The standard InChI is InChI=1S/C22H17F3N2O4/c23-22(24,25)31-18-9-2-1-5-17(18)13-27-19(28)14-30-20(29)11-10-16-7-3-6-15-8-4-12-26-21(15)16/h1-12H,13-14H2,(H,27,28)/b11-10+. The molecule has 0 radical (unpaired) electrons. The fourth-order valence-corrected chi connectivity index (χ4v) is 2.72. The Morgan fingerprint density at radius 3 is 2.61 bits per heavy atom. The molecule has 0 saturated carbocycles. The van der Waals surface area contributed by atoms with Crippen molar-refractivity contribution >= 4 is 28.9 Å². The molecule has 9 heteroatoms. The van der Waals surface area contributed by atoms with E-state index in [0.717, 1.165) is 11.5 Å². The van der Waals surface area contributed by atoms with Gasteiger partial charge in [0.15, 0.2) is 6.61 Å². The monoisotopic (exact) mass is 430 g/mol. The number of carbonyl (C=O) groups is 2. The predicted molar refractivity (Wildman–Crippen MR) is 107 cm³/mol. The van der Waals surface area contributed by atoms with Crippen LogP contribution >= 0.6 is 0 Å². The number of amides is 1. The summed E-state index contributed by atoms with van der Waals surface area (Å²) in [5.41, 5.74) is 1.55. The van der Waals surface area contributed by atoms with Crippen molar-refractivity contribution in [1.29, 1.82) is 0 Å². The van der Waals surface area contributed by atoms with Gasteiger partial charge in [-0.25, -0.2) is 4.79 Å². The third kappa shape index (κ3) is 6.56. The van der Waals surface area contributed by atoms with Gasteiger partial charge in [-0.05, 0) is 18.2 Å². The van der Waals surface area contributed by atoms with E-state index < -0.39 is 30.6 Å². The summed E-state index contributed by atoms with van der Waals surface area (Å²) < 4.78 is 46.1. The average Bonchev–Trinajstić information content (AvgIpc) is 2.74. The fraction of sp³-hybridized carbons (Fsp3) is 0.136. The number of alkyl halides is 3. The van der Waals surface area contributed by atoms with Crippen LogP contribution in [0.1, 0.15) is 11.1 Å². The summed E-state index contributed by atoms with van der Waals surface area (Å²) in [6.45, 7) is -0.806. The zero-order valence-electron chi connectivity index (χ0n) is 16.1. The van der Waals surface area contributed by atoms with E-state index in [-0.39, 0.29) is 12.1 Å².